The molecule has 0 aliphatic heterocycles. The quantitative estimate of drug-likeness (QED) is 0.195. The maximum atomic E-state index is 12.7. The second-order valence-corrected chi connectivity index (χ2v) is 7.12. The zero-order chi connectivity index (χ0) is 22.2. The molecule has 6 nitrogen and oxygen atoms in total. The summed E-state index contributed by atoms with van der Waals surface area (Å²) in [5.74, 6) is -0.356. The number of carbonyl (C=O) groups is 1. The molecule has 2 aromatic carbocycles. The van der Waals surface area contributed by atoms with Crippen molar-refractivity contribution in [1.82, 2.24) is 0 Å². The van der Waals surface area contributed by atoms with E-state index in [1.165, 1.54) is 0 Å². The fourth-order valence-electron chi connectivity index (χ4n) is 2.98. The maximum absolute atomic E-state index is 12.7. The van der Waals surface area contributed by atoms with Crippen LogP contribution in [0.2, 0.25) is 0 Å². The van der Waals surface area contributed by atoms with Crippen LogP contribution in [0, 0.1) is 0 Å². The molecule has 0 saturated heterocycles. The zero-order valence-electron chi connectivity index (χ0n) is 17.9. The molecule has 0 spiro atoms. The van der Waals surface area contributed by atoms with Crippen molar-refractivity contribution in [3.63, 3.8) is 0 Å². The van der Waals surface area contributed by atoms with Gasteiger partial charge in [0.05, 0.1) is 18.3 Å². The van der Waals surface area contributed by atoms with E-state index in [9.17, 15) is 9.59 Å². The largest absolute Gasteiger partial charge is 0.492 e. The summed E-state index contributed by atoms with van der Waals surface area (Å²) in [6.07, 6.45) is 5.53. The van der Waals surface area contributed by atoms with E-state index in [1.807, 2.05) is 19.9 Å². The highest BCUT2D eigenvalue weighted by Gasteiger charge is 2.24. The van der Waals surface area contributed by atoms with E-state index >= 15 is 0 Å². The molecule has 0 saturated carbocycles. The van der Waals surface area contributed by atoms with Gasteiger partial charge in [-0.05, 0) is 51.0 Å². The summed E-state index contributed by atoms with van der Waals surface area (Å²) in [6.45, 7) is 6.15. The van der Waals surface area contributed by atoms with E-state index in [-0.39, 0.29) is 17.6 Å². The lowest BCUT2D eigenvalue weighted by Gasteiger charge is -2.17. The lowest BCUT2D eigenvalue weighted by molar-refractivity contribution is 0.0718. The maximum Gasteiger partial charge on any atom is 0.383 e. The minimum absolute atomic E-state index is 0.130. The number of benzene rings is 2. The first-order chi connectivity index (χ1) is 15.0. The van der Waals surface area contributed by atoms with E-state index in [0.717, 1.165) is 12.8 Å². The summed E-state index contributed by atoms with van der Waals surface area (Å²) in [6, 6.07) is 13.6. The first-order valence-corrected chi connectivity index (χ1v) is 10.3. The van der Waals surface area contributed by atoms with Crippen molar-refractivity contribution in [3.05, 3.63) is 76.7 Å². The normalized spacial score (nSPS) is 11.2. The van der Waals surface area contributed by atoms with Gasteiger partial charge in [-0.25, -0.2) is 9.59 Å². The highest BCUT2D eigenvalue weighted by molar-refractivity contribution is 5.95. The monoisotopic (exact) mass is 422 g/mol. The Morgan fingerprint density at radius 1 is 1.03 bits per heavy atom. The smallest absolute Gasteiger partial charge is 0.383 e. The molecular formula is C25H26O6. The van der Waals surface area contributed by atoms with Crippen molar-refractivity contribution in [2.45, 2.75) is 39.7 Å². The van der Waals surface area contributed by atoms with Gasteiger partial charge in [0.15, 0.2) is 5.75 Å². The molecule has 6 heteroatoms. The van der Waals surface area contributed by atoms with Gasteiger partial charge in [0.1, 0.15) is 16.7 Å². The first-order valence-electron chi connectivity index (χ1n) is 10.3. The number of carbonyl (C=O) groups excluding carboxylic acids is 1. The molecule has 3 aromatic rings. The molecule has 0 aliphatic carbocycles. The molecule has 0 unspecified atom stereocenters. The van der Waals surface area contributed by atoms with Crippen molar-refractivity contribution in [2.75, 3.05) is 6.61 Å². The lowest BCUT2D eigenvalue weighted by Crippen LogP contribution is -2.18. The van der Waals surface area contributed by atoms with Crippen LogP contribution in [0.15, 0.2) is 69.9 Å². The molecule has 1 heterocycles. The molecule has 0 amide bonds. The molecular weight excluding hydrogens is 396 g/mol. The molecule has 0 N–H and O–H groups in total. The number of esters is 1. The van der Waals surface area contributed by atoms with Crippen LogP contribution in [0.25, 0.3) is 11.0 Å². The number of ether oxygens (including phenoxy) is 3. The van der Waals surface area contributed by atoms with Gasteiger partial charge in [-0.3, -0.25) is 0 Å². The Morgan fingerprint density at radius 2 is 1.81 bits per heavy atom. The summed E-state index contributed by atoms with van der Waals surface area (Å²) in [4.78, 5) is 25.3. The van der Waals surface area contributed by atoms with Crippen LogP contribution in [-0.2, 0) is 0 Å². The van der Waals surface area contributed by atoms with E-state index < -0.39 is 11.6 Å². The Balaban J connectivity index is 2.05. The average Bonchev–Trinajstić information content (AvgIpc) is 2.76. The van der Waals surface area contributed by atoms with Gasteiger partial charge < -0.3 is 18.6 Å². The van der Waals surface area contributed by atoms with Gasteiger partial charge in [0.2, 0.25) is 0 Å². The number of fused-ring (bicyclic) bond motifs is 1. The van der Waals surface area contributed by atoms with Crippen molar-refractivity contribution in [2.24, 2.45) is 0 Å². The van der Waals surface area contributed by atoms with Crippen molar-refractivity contribution in [1.29, 1.82) is 0 Å². The second kappa shape index (κ2) is 10.5. The number of hydrogen-bond acceptors (Lipinski definition) is 6. The van der Waals surface area contributed by atoms with Crippen LogP contribution >= 0.6 is 0 Å². The number of allylic oxidation sites excluding steroid dienone is 1. The molecule has 0 fully saturated rings. The lowest BCUT2D eigenvalue weighted by atomic mass is 10.2. The van der Waals surface area contributed by atoms with Crippen LogP contribution < -0.4 is 19.8 Å². The summed E-state index contributed by atoms with van der Waals surface area (Å²) >= 11 is 0. The minimum atomic E-state index is -0.796. The molecule has 31 heavy (non-hydrogen) atoms. The average molecular weight is 422 g/mol. The van der Waals surface area contributed by atoms with E-state index in [4.69, 9.17) is 18.6 Å². The van der Waals surface area contributed by atoms with Crippen molar-refractivity contribution in [3.8, 4) is 17.2 Å². The molecule has 0 radical (unpaired) electrons. The van der Waals surface area contributed by atoms with Crippen LogP contribution in [0.3, 0.4) is 0 Å². The van der Waals surface area contributed by atoms with E-state index in [0.29, 0.717) is 28.9 Å². The second-order valence-electron chi connectivity index (χ2n) is 7.12. The topological polar surface area (TPSA) is 75.0 Å². The third kappa shape index (κ3) is 5.54. The highest BCUT2D eigenvalue weighted by atomic mass is 16.6. The zero-order valence-corrected chi connectivity index (χ0v) is 17.9. The summed E-state index contributed by atoms with van der Waals surface area (Å²) in [5, 5.41) is 0.450. The van der Waals surface area contributed by atoms with E-state index in [2.05, 4.69) is 13.0 Å². The molecule has 0 bridgehead atoms. The molecule has 162 valence electrons. The van der Waals surface area contributed by atoms with Gasteiger partial charge in [0, 0.05) is 0 Å². The number of hydrogen-bond donors (Lipinski definition) is 0. The van der Waals surface area contributed by atoms with Crippen LogP contribution in [-0.4, -0.2) is 18.7 Å². The molecule has 0 atom stereocenters. The third-order valence-electron chi connectivity index (χ3n) is 4.31. The Labute approximate surface area is 181 Å². The third-order valence-corrected chi connectivity index (χ3v) is 4.31. The van der Waals surface area contributed by atoms with Crippen LogP contribution in [0.4, 0.5) is 0 Å². The standard InChI is InChI=1S/C25H26O6/c1-4-5-6-10-16-28-19-14-11-15-20-21(19)22(29-17(2)3)23(25(27)30-20)31-24(26)18-12-8-7-9-13-18/h5-9,11-15,17H,4,10,16H2,1-3H3/b6-5+. The van der Waals surface area contributed by atoms with Gasteiger partial charge in [-0.1, -0.05) is 43.3 Å². The molecule has 1 aromatic heterocycles. The number of rotatable bonds is 9. The summed E-state index contributed by atoms with van der Waals surface area (Å²) in [5.41, 5.74) is -0.193. The predicted octanol–water partition coefficient (Wildman–Crippen LogP) is 5.53. The highest BCUT2D eigenvalue weighted by Crippen LogP contribution is 2.39. The Hall–Kier alpha value is -3.54. The van der Waals surface area contributed by atoms with Crippen LogP contribution in [0.1, 0.15) is 44.0 Å². The molecule has 0 aliphatic rings. The Kier molecular flexibility index (Phi) is 7.49. The fourth-order valence-corrected chi connectivity index (χ4v) is 2.98. The predicted molar refractivity (Wildman–Crippen MR) is 119 cm³/mol. The van der Waals surface area contributed by atoms with Crippen molar-refractivity contribution < 1.29 is 23.4 Å². The SMILES string of the molecule is CC/C=C/CCOc1cccc2oc(=O)c(OC(=O)c3ccccc3)c(OC(C)C)c12. The van der Waals surface area contributed by atoms with Gasteiger partial charge in [0.25, 0.3) is 5.75 Å². The molecule has 3 rings (SSSR count). The summed E-state index contributed by atoms with van der Waals surface area (Å²) in [7, 11) is 0. The van der Waals surface area contributed by atoms with Crippen LogP contribution in [0.5, 0.6) is 17.2 Å². The summed E-state index contributed by atoms with van der Waals surface area (Å²) < 4.78 is 22.7. The fraction of sp³-hybridized carbons (Fsp3) is 0.280. The van der Waals surface area contributed by atoms with Gasteiger partial charge >= 0.3 is 11.6 Å². The van der Waals surface area contributed by atoms with Gasteiger partial charge in [-0.2, -0.15) is 0 Å². The Bertz CT molecular complexity index is 1110. The van der Waals surface area contributed by atoms with Gasteiger partial charge in [-0.15, -0.1) is 0 Å². The van der Waals surface area contributed by atoms with E-state index in [1.54, 1.807) is 48.5 Å². The van der Waals surface area contributed by atoms with Crippen molar-refractivity contribution >= 4 is 16.9 Å². The first kappa shape index (κ1) is 22.2. The Morgan fingerprint density at radius 3 is 2.52 bits per heavy atom. The minimum Gasteiger partial charge on any atom is -0.492 e.